The van der Waals surface area contributed by atoms with E-state index >= 15 is 0 Å². The largest absolute Gasteiger partial charge is 0.360 e. The topological polar surface area (TPSA) is 85.1 Å². The van der Waals surface area contributed by atoms with Gasteiger partial charge in [0.15, 0.2) is 5.82 Å². The molecule has 8 heteroatoms. The van der Waals surface area contributed by atoms with Gasteiger partial charge in [0, 0.05) is 22.2 Å². The molecule has 2 aromatic rings. The molecule has 2 atom stereocenters. The number of nitrogens with zero attached hydrogens (tertiary/aromatic N) is 2. The zero-order valence-electron chi connectivity index (χ0n) is 12.8. The number of nitrogens with one attached hydrogen (secondary N) is 1. The lowest BCUT2D eigenvalue weighted by Crippen LogP contribution is -2.29. The molecule has 0 aliphatic heterocycles. The highest BCUT2D eigenvalue weighted by atomic mass is 32.2. The fourth-order valence-electron chi connectivity index (χ4n) is 1.79. The number of hydrogen-bond donors (Lipinski definition) is 1. The Morgan fingerprint density at radius 1 is 1.55 bits per heavy atom. The quantitative estimate of drug-likeness (QED) is 0.837. The van der Waals surface area contributed by atoms with Crippen LogP contribution in [-0.4, -0.2) is 25.5 Å². The normalized spacial score (nSPS) is 13.8. The summed E-state index contributed by atoms with van der Waals surface area (Å²) in [5.41, 5.74) is 0.781. The lowest BCUT2D eigenvalue weighted by atomic mass is 10.3. The molecule has 0 aromatic carbocycles. The van der Waals surface area contributed by atoms with Gasteiger partial charge < -0.3 is 9.84 Å². The molecular formula is C14H19N3O3S2. The smallest absolute Gasteiger partial charge is 0.241 e. The maximum Gasteiger partial charge on any atom is 0.241 e. The fourth-order valence-corrected chi connectivity index (χ4v) is 3.78. The third-order valence-electron chi connectivity index (χ3n) is 3.00. The second kappa shape index (κ2) is 7.64. The van der Waals surface area contributed by atoms with Crippen molar-refractivity contribution < 1.29 is 13.5 Å². The van der Waals surface area contributed by atoms with E-state index in [-0.39, 0.29) is 11.7 Å². The number of amides is 1. The van der Waals surface area contributed by atoms with Crippen molar-refractivity contribution in [2.45, 2.75) is 44.6 Å². The molecule has 0 spiro atoms. The molecule has 2 heterocycles. The van der Waals surface area contributed by atoms with E-state index in [0.29, 0.717) is 11.6 Å². The number of aromatic nitrogens is 2. The molecule has 0 aliphatic carbocycles. The number of thiazole rings is 1. The Labute approximate surface area is 135 Å². The number of hydrogen-bond acceptors (Lipinski definition) is 6. The molecule has 1 N–H and O–H groups in total. The number of carbonyl (C=O) groups excluding carboxylic acids is 1. The van der Waals surface area contributed by atoms with Crippen molar-refractivity contribution in [1.82, 2.24) is 10.1 Å². The van der Waals surface area contributed by atoms with Crippen molar-refractivity contribution >= 4 is 33.9 Å². The van der Waals surface area contributed by atoms with E-state index in [1.807, 2.05) is 5.38 Å². The van der Waals surface area contributed by atoms with Crippen LogP contribution >= 0.6 is 11.3 Å². The summed E-state index contributed by atoms with van der Waals surface area (Å²) in [5.74, 6) is 0.892. The van der Waals surface area contributed by atoms with E-state index in [4.69, 9.17) is 4.52 Å². The van der Waals surface area contributed by atoms with Gasteiger partial charge in [-0.1, -0.05) is 12.1 Å². The second-order valence-corrected chi connectivity index (χ2v) is 7.66. The SMILES string of the molecule is CCCc1nc(C[S@](=O)[C@@H](C)C(=O)Nc2cc(C)on2)cs1. The maximum absolute atomic E-state index is 12.3. The summed E-state index contributed by atoms with van der Waals surface area (Å²) in [5, 5.41) is 8.60. The first-order valence-corrected chi connectivity index (χ1v) is 9.30. The highest BCUT2D eigenvalue weighted by Crippen LogP contribution is 2.15. The predicted molar refractivity (Wildman–Crippen MR) is 87.3 cm³/mol. The van der Waals surface area contributed by atoms with Gasteiger partial charge >= 0.3 is 0 Å². The van der Waals surface area contributed by atoms with Gasteiger partial charge in [-0.3, -0.25) is 9.00 Å². The van der Waals surface area contributed by atoms with Crippen LogP contribution in [0.15, 0.2) is 16.0 Å². The highest BCUT2D eigenvalue weighted by Gasteiger charge is 2.22. The average molecular weight is 341 g/mol. The zero-order valence-corrected chi connectivity index (χ0v) is 14.4. The van der Waals surface area contributed by atoms with Crippen LogP contribution in [0.4, 0.5) is 5.82 Å². The fraction of sp³-hybridized carbons (Fsp3) is 0.500. The van der Waals surface area contributed by atoms with Gasteiger partial charge in [-0.05, 0) is 26.7 Å². The van der Waals surface area contributed by atoms with Crippen molar-refractivity contribution in [2.75, 3.05) is 5.32 Å². The third kappa shape index (κ3) is 4.48. The summed E-state index contributed by atoms with van der Waals surface area (Å²) in [7, 11) is -1.33. The molecule has 0 radical (unpaired) electrons. The van der Waals surface area contributed by atoms with E-state index in [0.717, 1.165) is 23.5 Å². The molecule has 1 amide bonds. The Morgan fingerprint density at radius 3 is 2.95 bits per heavy atom. The molecule has 2 rings (SSSR count). The first kappa shape index (κ1) is 16.8. The molecule has 120 valence electrons. The van der Waals surface area contributed by atoms with Crippen LogP contribution in [0.3, 0.4) is 0 Å². The summed E-state index contributed by atoms with van der Waals surface area (Å²) >= 11 is 1.57. The van der Waals surface area contributed by atoms with E-state index in [9.17, 15) is 9.00 Å². The Kier molecular flexibility index (Phi) is 5.84. The first-order valence-electron chi connectivity index (χ1n) is 7.04. The molecule has 0 fully saturated rings. The zero-order chi connectivity index (χ0) is 16.1. The van der Waals surface area contributed by atoms with Crippen LogP contribution in [-0.2, 0) is 27.8 Å². The van der Waals surface area contributed by atoms with E-state index in [1.54, 1.807) is 31.3 Å². The molecule has 0 unspecified atom stereocenters. The molecular weight excluding hydrogens is 322 g/mol. The third-order valence-corrected chi connectivity index (χ3v) is 5.54. The van der Waals surface area contributed by atoms with Crippen LogP contribution in [0.2, 0.25) is 0 Å². The summed E-state index contributed by atoms with van der Waals surface area (Å²) in [4.78, 5) is 16.5. The standard InChI is InChI=1S/C14H19N3O3S2/c1-4-5-13-15-11(7-21-13)8-22(19)10(3)14(18)16-12-6-9(2)20-17-12/h6-7,10H,4-5,8H2,1-3H3,(H,16,17,18)/t10-,22-/m0/s1. The Balaban J connectivity index is 1.91. The highest BCUT2D eigenvalue weighted by molar-refractivity contribution is 7.85. The monoisotopic (exact) mass is 341 g/mol. The van der Waals surface area contributed by atoms with Crippen LogP contribution in [0, 0.1) is 6.92 Å². The van der Waals surface area contributed by atoms with E-state index in [2.05, 4.69) is 22.4 Å². The molecule has 0 aliphatic rings. The van der Waals surface area contributed by atoms with Gasteiger partial charge in [-0.2, -0.15) is 0 Å². The lowest BCUT2D eigenvalue weighted by Gasteiger charge is -2.09. The van der Waals surface area contributed by atoms with Crippen molar-refractivity contribution in [3.8, 4) is 0 Å². The van der Waals surface area contributed by atoms with Crippen LogP contribution in [0.5, 0.6) is 0 Å². The summed E-state index contributed by atoms with van der Waals surface area (Å²) in [6, 6.07) is 1.62. The van der Waals surface area contributed by atoms with Crippen molar-refractivity contribution in [1.29, 1.82) is 0 Å². The minimum Gasteiger partial charge on any atom is -0.360 e. The van der Waals surface area contributed by atoms with Crippen molar-refractivity contribution in [3.05, 3.63) is 27.9 Å². The van der Waals surface area contributed by atoms with E-state index in [1.165, 1.54) is 0 Å². The molecule has 0 saturated carbocycles. The molecule has 2 aromatic heterocycles. The van der Waals surface area contributed by atoms with Crippen LogP contribution in [0.1, 0.15) is 36.7 Å². The number of rotatable bonds is 7. The van der Waals surface area contributed by atoms with E-state index < -0.39 is 16.0 Å². The summed E-state index contributed by atoms with van der Waals surface area (Å²) < 4.78 is 17.2. The molecule has 6 nitrogen and oxygen atoms in total. The molecule has 22 heavy (non-hydrogen) atoms. The average Bonchev–Trinajstić information content (AvgIpc) is 3.07. The Morgan fingerprint density at radius 2 is 2.32 bits per heavy atom. The maximum atomic E-state index is 12.3. The van der Waals surface area contributed by atoms with Gasteiger partial charge in [-0.15, -0.1) is 11.3 Å². The molecule has 0 saturated heterocycles. The second-order valence-electron chi connectivity index (χ2n) is 4.96. The van der Waals surface area contributed by atoms with Gasteiger partial charge in [0.2, 0.25) is 5.91 Å². The first-order chi connectivity index (χ1) is 10.5. The van der Waals surface area contributed by atoms with Gasteiger partial charge in [0.1, 0.15) is 11.0 Å². The number of anilines is 1. The minimum absolute atomic E-state index is 0.284. The number of carbonyl (C=O) groups is 1. The van der Waals surface area contributed by atoms with Crippen molar-refractivity contribution in [2.24, 2.45) is 0 Å². The minimum atomic E-state index is -1.33. The lowest BCUT2D eigenvalue weighted by molar-refractivity contribution is -0.115. The summed E-state index contributed by atoms with van der Waals surface area (Å²) in [6.07, 6.45) is 1.96. The van der Waals surface area contributed by atoms with Gasteiger partial charge in [0.25, 0.3) is 0 Å². The van der Waals surface area contributed by atoms with Gasteiger partial charge in [-0.25, -0.2) is 4.98 Å². The number of aryl methyl sites for hydroxylation is 2. The van der Waals surface area contributed by atoms with Crippen LogP contribution in [0.25, 0.3) is 0 Å². The predicted octanol–water partition coefficient (Wildman–Crippen LogP) is 2.67. The Bertz CT molecular complexity index is 666. The Hall–Kier alpha value is -1.54. The van der Waals surface area contributed by atoms with Gasteiger partial charge in [0.05, 0.1) is 16.5 Å². The summed E-state index contributed by atoms with van der Waals surface area (Å²) in [6.45, 7) is 5.47. The van der Waals surface area contributed by atoms with Crippen molar-refractivity contribution in [3.63, 3.8) is 0 Å². The van der Waals surface area contributed by atoms with Crippen LogP contribution < -0.4 is 5.32 Å². The molecule has 0 bridgehead atoms.